The summed E-state index contributed by atoms with van der Waals surface area (Å²) in [6, 6.07) is 10.00. The fourth-order valence-electron chi connectivity index (χ4n) is 2.38. The molecule has 1 aliphatic rings. The van der Waals surface area contributed by atoms with Gasteiger partial charge in [0.05, 0.1) is 9.92 Å². The van der Waals surface area contributed by atoms with Crippen molar-refractivity contribution in [3.05, 3.63) is 70.1 Å². The Kier molecular flexibility index (Phi) is 3.74. The molecule has 1 aliphatic heterocycles. The molecule has 0 amide bonds. The van der Waals surface area contributed by atoms with Gasteiger partial charge in [-0.1, -0.05) is 29.8 Å². The minimum Gasteiger partial charge on any atom is -0.287 e. The van der Waals surface area contributed by atoms with E-state index in [-0.39, 0.29) is 26.7 Å². The van der Waals surface area contributed by atoms with Crippen LogP contribution in [0.3, 0.4) is 0 Å². The van der Waals surface area contributed by atoms with Gasteiger partial charge in [-0.2, -0.15) is 0 Å². The Morgan fingerprint density at radius 3 is 2.52 bits per heavy atom. The predicted molar refractivity (Wildman–Crippen MR) is 85.1 cm³/mol. The molecule has 0 unspecified atom stereocenters. The van der Waals surface area contributed by atoms with Crippen LogP contribution in [0.5, 0.6) is 0 Å². The summed E-state index contributed by atoms with van der Waals surface area (Å²) in [5.41, 5.74) is -0.126. The molecule has 3 rings (SSSR count). The number of fused-ring (bicyclic) bond motifs is 1. The van der Waals surface area contributed by atoms with Crippen molar-refractivity contribution >= 4 is 33.5 Å². The lowest BCUT2D eigenvalue weighted by Gasteiger charge is -2.28. The first-order valence-corrected chi connectivity index (χ1v) is 8.44. The smallest absolute Gasteiger partial charge is 0.264 e. The maximum atomic E-state index is 13.9. The first-order chi connectivity index (χ1) is 10.8. The minimum atomic E-state index is -3.87. The van der Waals surface area contributed by atoms with E-state index in [0.717, 1.165) is 10.4 Å². The van der Waals surface area contributed by atoms with E-state index >= 15 is 0 Å². The van der Waals surface area contributed by atoms with Crippen LogP contribution in [0.1, 0.15) is 15.9 Å². The predicted octanol–water partition coefficient (Wildman–Crippen LogP) is 3.34. The number of ketones is 1. The molecule has 2 aromatic carbocycles. The molecule has 0 aromatic heterocycles. The number of likely N-dealkylation sites (N-methyl/N-ethyl adjacent to an activating group) is 1. The maximum Gasteiger partial charge on any atom is 0.264 e. The van der Waals surface area contributed by atoms with Crippen LogP contribution < -0.4 is 0 Å². The molecule has 23 heavy (non-hydrogen) atoms. The second kappa shape index (κ2) is 5.47. The lowest BCUT2D eigenvalue weighted by molar-refractivity contribution is 0.101. The quantitative estimate of drug-likeness (QED) is 0.740. The highest BCUT2D eigenvalue weighted by molar-refractivity contribution is 7.89. The lowest BCUT2D eigenvalue weighted by atomic mass is 10.1. The van der Waals surface area contributed by atoms with Gasteiger partial charge < -0.3 is 0 Å². The summed E-state index contributed by atoms with van der Waals surface area (Å²) < 4.78 is 39.8. The van der Waals surface area contributed by atoms with E-state index in [9.17, 15) is 17.6 Å². The van der Waals surface area contributed by atoms with Crippen molar-refractivity contribution in [2.75, 3.05) is 7.05 Å². The third kappa shape index (κ3) is 2.44. The Morgan fingerprint density at radius 1 is 1.13 bits per heavy atom. The number of Topliss-reactive ketones (excluding diaryl/α,β-unsaturated/α-hetero) is 1. The number of sulfonamides is 1. The highest BCUT2D eigenvalue weighted by atomic mass is 35.5. The summed E-state index contributed by atoms with van der Waals surface area (Å²) in [7, 11) is -2.62. The molecule has 118 valence electrons. The average Bonchev–Trinajstić information content (AvgIpc) is 2.52. The Labute approximate surface area is 137 Å². The second-order valence-electron chi connectivity index (χ2n) is 4.96. The van der Waals surface area contributed by atoms with Crippen molar-refractivity contribution in [1.82, 2.24) is 4.31 Å². The molecular weight excluding hydrogens is 341 g/mol. The summed E-state index contributed by atoms with van der Waals surface area (Å²) in [6.45, 7) is 0. The van der Waals surface area contributed by atoms with E-state index in [1.807, 2.05) is 0 Å². The topological polar surface area (TPSA) is 54.5 Å². The number of carbonyl (C=O) groups is 1. The summed E-state index contributed by atoms with van der Waals surface area (Å²) >= 11 is 5.95. The highest BCUT2D eigenvalue weighted by Gasteiger charge is 2.37. The Bertz CT molecular complexity index is 933. The van der Waals surface area contributed by atoms with Gasteiger partial charge in [0.15, 0.2) is 0 Å². The molecule has 1 heterocycles. The molecule has 0 saturated heterocycles. The van der Waals surface area contributed by atoms with Gasteiger partial charge in [0.2, 0.25) is 5.78 Å². The first kappa shape index (κ1) is 15.7. The van der Waals surface area contributed by atoms with E-state index in [1.165, 1.54) is 37.4 Å². The monoisotopic (exact) mass is 351 g/mol. The zero-order chi connectivity index (χ0) is 16.8. The average molecular weight is 352 g/mol. The second-order valence-corrected chi connectivity index (χ2v) is 7.31. The van der Waals surface area contributed by atoms with Gasteiger partial charge in [0.1, 0.15) is 11.5 Å². The maximum absolute atomic E-state index is 13.9. The molecule has 0 atom stereocenters. The van der Waals surface area contributed by atoms with E-state index in [4.69, 9.17) is 11.6 Å². The summed E-state index contributed by atoms with van der Waals surface area (Å²) in [5.74, 6) is -1.14. The van der Waals surface area contributed by atoms with Crippen LogP contribution >= 0.6 is 11.6 Å². The summed E-state index contributed by atoms with van der Waals surface area (Å²) in [4.78, 5) is 12.5. The molecule has 0 bridgehead atoms. The first-order valence-electron chi connectivity index (χ1n) is 6.62. The van der Waals surface area contributed by atoms with Gasteiger partial charge in [-0.25, -0.2) is 12.8 Å². The number of carbonyl (C=O) groups excluding carboxylic acids is 1. The SMILES string of the molecule is CN1C(=Cc2c(F)cccc2Cl)C(=O)c2ccccc2S1(=O)=O. The van der Waals surface area contributed by atoms with Gasteiger partial charge in [-0.3, -0.25) is 9.10 Å². The zero-order valence-corrected chi connectivity index (χ0v) is 13.5. The molecule has 0 saturated carbocycles. The van der Waals surface area contributed by atoms with E-state index in [0.29, 0.717) is 0 Å². The van der Waals surface area contributed by atoms with E-state index in [1.54, 1.807) is 12.1 Å². The molecule has 7 heteroatoms. The fourth-order valence-corrected chi connectivity index (χ4v) is 3.98. The third-order valence-corrected chi connectivity index (χ3v) is 5.78. The number of allylic oxidation sites excluding steroid dienone is 1. The van der Waals surface area contributed by atoms with Crippen LogP contribution in [-0.4, -0.2) is 25.6 Å². The van der Waals surface area contributed by atoms with Crippen LogP contribution in [0.2, 0.25) is 5.02 Å². The molecule has 0 aliphatic carbocycles. The highest BCUT2D eigenvalue weighted by Crippen LogP contribution is 2.33. The number of nitrogens with zero attached hydrogens (tertiary/aromatic N) is 1. The van der Waals surface area contributed by atoms with Crippen LogP contribution in [0.4, 0.5) is 4.39 Å². The standard InChI is InChI=1S/C16H11ClFNO3S/c1-19-14(9-11-12(17)6-4-7-13(11)18)16(20)10-5-2-3-8-15(10)23(19,21)22/h2-9H,1H3. The molecular formula is C16H11ClFNO3S. The number of halogens is 2. The normalized spacial score (nSPS) is 18.1. The summed E-state index contributed by atoms with van der Waals surface area (Å²) in [5, 5.41) is 0.0926. The molecule has 0 fully saturated rings. The fraction of sp³-hybridized carbons (Fsp3) is 0.0625. The van der Waals surface area contributed by atoms with Gasteiger partial charge in [0, 0.05) is 18.2 Å². The van der Waals surface area contributed by atoms with Gasteiger partial charge in [-0.15, -0.1) is 0 Å². The number of hydrogen-bond donors (Lipinski definition) is 0. The van der Waals surface area contributed by atoms with Crippen LogP contribution in [0, 0.1) is 5.82 Å². The zero-order valence-electron chi connectivity index (χ0n) is 12.0. The van der Waals surface area contributed by atoms with Crippen molar-refractivity contribution in [3.63, 3.8) is 0 Å². The number of hydrogen-bond acceptors (Lipinski definition) is 3. The van der Waals surface area contributed by atoms with Crippen LogP contribution in [0.25, 0.3) is 6.08 Å². The molecule has 4 nitrogen and oxygen atoms in total. The Balaban J connectivity index is 2.26. The van der Waals surface area contributed by atoms with E-state index in [2.05, 4.69) is 0 Å². The van der Waals surface area contributed by atoms with Crippen molar-refractivity contribution in [2.45, 2.75) is 4.90 Å². The lowest BCUT2D eigenvalue weighted by Crippen LogP contribution is -2.36. The van der Waals surface area contributed by atoms with Gasteiger partial charge in [0.25, 0.3) is 10.0 Å². The number of benzene rings is 2. The number of rotatable bonds is 1. The van der Waals surface area contributed by atoms with Crippen molar-refractivity contribution in [1.29, 1.82) is 0 Å². The Hall–Kier alpha value is -2.18. The van der Waals surface area contributed by atoms with Crippen molar-refractivity contribution < 1.29 is 17.6 Å². The Morgan fingerprint density at radius 2 is 1.83 bits per heavy atom. The van der Waals surface area contributed by atoms with Gasteiger partial charge in [-0.05, 0) is 30.3 Å². The summed E-state index contributed by atoms with van der Waals surface area (Å²) in [6.07, 6.45) is 1.16. The van der Waals surface area contributed by atoms with Crippen molar-refractivity contribution in [3.8, 4) is 0 Å². The van der Waals surface area contributed by atoms with Crippen LogP contribution in [-0.2, 0) is 10.0 Å². The molecule has 0 N–H and O–H groups in total. The molecule has 0 spiro atoms. The molecule has 0 radical (unpaired) electrons. The minimum absolute atomic E-state index is 0.0288. The van der Waals surface area contributed by atoms with Gasteiger partial charge >= 0.3 is 0 Å². The molecule has 2 aromatic rings. The third-order valence-electron chi connectivity index (χ3n) is 3.62. The largest absolute Gasteiger partial charge is 0.287 e. The van der Waals surface area contributed by atoms with E-state index < -0.39 is 21.6 Å². The van der Waals surface area contributed by atoms with Crippen LogP contribution in [0.15, 0.2) is 53.1 Å². The van der Waals surface area contributed by atoms with Crippen molar-refractivity contribution in [2.24, 2.45) is 0 Å².